The molecule has 0 aliphatic rings. The Balaban J connectivity index is 5.38. The molecule has 0 saturated heterocycles. The van der Waals surface area contributed by atoms with Crippen molar-refractivity contribution in [2.45, 2.75) is 53.1 Å². The lowest BCUT2D eigenvalue weighted by atomic mass is 9.94. The van der Waals surface area contributed by atoms with Crippen LogP contribution in [0.4, 0.5) is 13.2 Å². The van der Waals surface area contributed by atoms with Gasteiger partial charge in [0.1, 0.15) is 0 Å². The van der Waals surface area contributed by atoms with Crippen molar-refractivity contribution in [2.24, 2.45) is 5.92 Å². The van der Waals surface area contributed by atoms with Crippen molar-refractivity contribution >= 4 is 0 Å². The molecule has 0 aromatic carbocycles. The third-order valence-corrected chi connectivity index (χ3v) is 3.06. The Morgan fingerprint density at radius 3 is 2.00 bits per heavy atom. The highest BCUT2D eigenvalue weighted by Crippen LogP contribution is 2.34. The summed E-state index contributed by atoms with van der Waals surface area (Å²) < 4.78 is 38.9. The second kappa shape index (κ2) is 7.45. The van der Waals surface area contributed by atoms with Gasteiger partial charge in [-0.3, -0.25) is 0 Å². The van der Waals surface area contributed by atoms with Crippen LogP contribution in [0.25, 0.3) is 0 Å². The maximum Gasteiger partial charge on any atom is 0.412 e. The zero-order valence-corrected chi connectivity index (χ0v) is 11.7. The molecule has 0 amide bonds. The van der Waals surface area contributed by atoms with E-state index in [1.165, 1.54) is 6.08 Å². The van der Waals surface area contributed by atoms with Crippen molar-refractivity contribution in [1.29, 1.82) is 0 Å². The Morgan fingerprint density at radius 1 is 1.11 bits per heavy atom. The van der Waals surface area contributed by atoms with Gasteiger partial charge in [0.2, 0.25) is 0 Å². The van der Waals surface area contributed by atoms with E-state index in [1.54, 1.807) is 19.9 Å². The number of allylic oxidation sites excluding steroid dienone is 5. The quantitative estimate of drug-likeness (QED) is 0.527. The minimum Gasteiger partial charge on any atom is -0.166 e. The minimum absolute atomic E-state index is 0.443. The predicted molar refractivity (Wildman–Crippen MR) is 71.4 cm³/mol. The number of hydrogen-bond acceptors (Lipinski definition) is 0. The molecule has 0 aliphatic carbocycles. The first kappa shape index (κ1) is 17.0. The van der Waals surface area contributed by atoms with Gasteiger partial charge in [0.15, 0.2) is 0 Å². The molecule has 0 spiro atoms. The van der Waals surface area contributed by atoms with Gasteiger partial charge in [-0.05, 0) is 30.8 Å². The summed E-state index contributed by atoms with van der Waals surface area (Å²) in [4.78, 5) is 0. The van der Waals surface area contributed by atoms with Crippen LogP contribution in [0, 0.1) is 5.92 Å². The molecule has 0 heterocycles. The predicted octanol–water partition coefficient (Wildman–Crippen LogP) is 5.82. The first-order valence-corrected chi connectivity index (χ1v) is 6.43. The van der Waals surface area contributed by atoms with Gasteiger partial charge in [-0.1, -0.05) is 52.0 Å². The summed E-state index contributed by atoms with van der Waals surface area (Å²) in [6.45, 7) is 11.0. The molecule has 0 N–H and O–H groups in total. The highest BCUT2D eigenvalue weighted by Gasteiger charge is 2.36. The maximum absolute atomic E-state index is 13.0. The Bertz CT molecular complexity index is 332. The van der Waals surface area contributed by atoms with Crippen molar-refractivity contribution in [1.82, 2.24) is 0 Å². The monoisotopic (exact) mass is 260 g/mol. The van der Waals surface area contributed by atoms with Crippen molar-refractivity contribution < 1.29 is 13.2 Å². The third kappa shape index (κ3) is 5.56. The van der Waals surface area contributed by atoms with E-state index in [-0.39, 0.29) is 0 Å². The molecule has 0 radical (unpaired) electrons. The van der Waals surface area contributed by atoms with Crippen LogP contribution in [0.1, 0.15) is 47.0 Å². The van der Waals surface area contributed by atoms with E-state index >= 15 is 0 Å². The van der Waals surface area contributed by atoms with Crippen molar-refractivity contribution in [3.63, 3.8) is 0 Å². The molecule has 0 rings (SSSR count). The fourth-order valence-electron chi connectivity index (χ4n) is 1.53. The minimum atomic E-state index is -4.25. The lowest BCUT2D eigenvalue weighted by Crippen LogP contribution is -2.18. The molecule has 1 atom stereocenters. The first-order valence-electron chi connectivity index (χ1n) is 6.43. The summed E-state index contributed by atoms with van der Waals surface area (Å²) in [5.74, 6) is -0.477. The van der Waals surface area contributed by atoms with E-state index in [0.717, 1.165) is 12.0 Å². The third-order valence-electron chi connectivity index (χ3n) is 3.06. The summed E-state index contributed by atoms with van der Waals surface area (Å²) in [5.41, 5.74) is 1.10. The van der Waals surface area contributed by atoms with Crippen LogP contribution in [-0.4, -0.2) is 6.18 Å². The molecule has 18 heavy (non-hydrogen) atoms. The van der Waals surface area contributed by atoms with Gasteiger partial charge in [0, 0.05) is 5.57 Å². The van der Waals surface area contributed by atoms with Crippen LogP contribution in [0.5, 0.6) is 0 Å². The highest BCUT2D eigenvalue weighted by molar-refractivity contribution is 5.32. The van der Waals surface area contributed by atoms with Gasteiger partial charge >= 0.3 is 6.18 Å². The summed E-state index contributed by atoms with van der Waals surface area (Å²) >= 11 is 0. The molecule has 104 valence electrons. The van der Waals surface area contributed by atoms with Crippen molar-refractivity contribution in [3.8, 4) is 0 Å². The molecule has 1 unspecified atom stereocenters. The summed E-state index contributed by atoms with van der Waals surface area (Å²) in [6, 6.07) is 0. The average Bonchev–Trinajstić information content (AvgIpc) is 2.31. The second-order valence-electron chi connectivity index (χ2n) is 4.49. The van der Waals surface area contributed by atoms with Crippen LogP contribution in [-0.2, 0) is 0 Å². The first-order chi connectivity index (χ1) is 8.26. The number of alkyl halides is 3. The average molecular weight is 260 g/mol. The maximum atomic E-state index is 13.0. The van der Waals surface area contributed by atoms with E-state index in [9.17, 15) is 13.2 Å². The van der Waals surface area contributed by atoms with Gasteiger partial charge in [0.25, 0.3) is 0 Å². The fraction of sp³-hybridized carbons (Fsp3) is 0.600. The molecule has 0 bridgehead atoms. The highest BCUT2D eigenvalue weighted by atomic mass is 19.4. The molecule has 3 heteroatoms. The number of rotatable bonds is 6. The standard InChI is InChI=1S/C15H23F3/c1-6-11(4)9-13(8-3)10-14(12(5)7-2)15(16,17)18/h9-10,12H,4,6-8H2,1-3,5H3/b13-9-,14-10+. The molecule has 0 nitrogen and oxygen atoms in total. The summed E-state index contributed by atoms with van der Waals surface area (Å²) in [7, 11) is 0. The van der Waals surface area contributed by atoms with E-state index in [1.807, 2.05) is 13.8 Å². The Hall–Kier alpha value is -0.990. The molecule has 0 saturated carbocycles. The molecule has 0 aromatic heterocycles. The van der Waals surface area contributed by atoms with Gasteiger partial charge in [-0.2, -0.15) is 13.2 Å². The fourth-order valence-corrected chi connectivity index (χ4v) is 1.53. The Kier molecular flexibility index (Phi) is 7.04. The van der Waals surface area contributed by atoms with E-state index in [0.29, 0.717) is 18.4 Å². The lowest BCUT2D eigenvalue weighted by Gasteiger charge is -2.18. The van der Waals surface area contributed by atoms with E-state index < -0.39 is 17.7 Å². The van der Waals surface area contributed by atoms with Gasteiger partial charge < -0.3 is 0 Å². The molecular weight excluding hydrogens is 237 g/mol. The zero-order chi connectivity index (χ0) is 14.3. The van der Waals surface area contributed by atoms with Crippen LogP contribution in [0.2, 0.25) is 0 Å². The molecule has 0 aromatic rings. The molecule has 0 aliphatic heterocycles. The van der Waals surface area contributed by atoms with Crippen molar-refractivity contribution in [3.05, 3.63) is 35.5 Å². The van der Waals surface area contributed by atoms with Crippen LogP contribution in [0.15, 0.2) is 35.5 Å². The van der Waals surface area contributed by atoms with Crippen LogP contribution < -0.4 is 0 Å². The number of hydrogen-bond donors (Lipinski definition) is 0. The normalized spacial score (nSPS) is 15.7. The zero-order valence-electron chi connectivity index (χ0n) is 11.7. The largest absolute Gasteiger partial charge is 0.412 e. The van der Waals surface area contributed by atoms with E-state index in [4.69, 9.17) is 0 Å². The second-order valence-corrected chi connectivity index (χ2v) is 4.49. The topological polar surface area (TPSA) is 0 Å². The Morgan fingerprint density at radius 2 is 1.67 bits per heavy atom. The van der Waals surface area contributed by atoms with Gasteiger partial charge in [-0.15, -0.1) is 0 Å². The molecular formula is C15H23F3. The van der Waals surface area contributed by atoms with Crippen molar-refractivity contribution in [2.75, 3.05) is 0 Å². The van der Waals surface area contributed by atoms with Crippen LogP contribution in [0.3, 0.4) is 0 Å². The lowest BCUT2D eigenvalue weighted by molar-refractivity contribution is -0.0985. The van der Waals surface area contributed by atoms with Gasteiger partial charge in [-0.25, -0.2) is 0 Å². The van der Waals surface area contributed by atoms with Gasteiger partial charge in [0.05, 0.1) is 0 Å². The smallest absolute Gasteiger partial charge is 0.166 e. The Labute approximate surface area is 108 Å². The summed E-state index contributed by atoms with van der Waals surface area (Å²) in [5, 5.41) is 0. The van der Waals surface area contributed by atoms with E-state index in [2.05, 4.69) is 6.58 Å². The van der Waals surface area contributed by atoms with Crippen LogP contribution >= 0.6 is 0 Å². The summed E-state index contributed by atoms with van der Waals surface area (Å²) in [6.07, 6.45) is 0.606. The number of halogens is 3. The molecule has 0 fully saturated rings. The SMILES string of the molecule is C=C(/C=C(\C=C(/C(C)CC)C(F)(F)F)CC)CC.